The van der Waals surface area contributed by atoms with Crippen LogP contribution in [0.15, 0.2) is 44.5 Å². The number of carbonyl (C=O) groups is 1. The summed E-state index contributed by atoms with van der Waals surface area (Å²) in [6.07, 6.45) is 2.88. The van der Waals surface area contributed by atoms with Crippen LogP contribution in [0.25, 0.3) is 0 Å². The summed E-state index contributed by atoms with van der Waals surface area (Å²) in [5, 5.41) is 3.71. The molecule has 1 aromatic carbocycles. The standard InChI is InChI=1S/C12H8Br2FN3O/c13-8-1-2-10(15)7(3-8)5-17-18-12(19)11-4-9(14)6-16-11/h1-6,16H,(H,18,19)/b17-5-. The van der Waals surface area contributed by atoms with Gasteiger partial charge in [-0.25, -0.2) is 9.82 Å². The maximum atomic E-state index is 13.4. The zero-order chi connectivity index (χ0) is 13.8. The first kappa shape index (κ1) is 14.0. The van der Waals surface area contributed by atoms with E-state index in [1.165, 1.54) is 12.3 Å². The molecule has 7 heteroatoms. The fourth-order valence-electron chi connectivity index (χ4n) is 1.33. The van der Waals surface area contributed by atoms with Crippen LogP contribution in [0.2, 0.25) is 0 Å². The summed E-state index contributed by atoms with van der Waals surface area (Å²) in [7, 11) is 0. The van der Waals surface area contributed by atoms with E-state index in [-0.39, 0.29) is 5.56 Å². The number of nitrogens with one attached hydrogen (secondary N) is 2. The molecule has 98 valence electrons. The van der Waals surface area contributed by atoms with Crippen LogP contribution in [0.1, 0.15) is 16.1 Å². The molecule has 1 amide bonds. The number of aromatic nitrogens is 1. The van der Waals surface area contributed by atoms with Gasteiger partial charge in [0.15, 0.2) is 0 Å². The Kier molecular flexibility index (Phi) is 4.49. The highest BCUT2D eigenvalue weighted by molar-refractivity contribution is 9.10. The molecule has 2 rings (SSSR count). The SMILES string of the molecule is O=C(N/N=C\c1cc(Br)ccc1F)c1cc(Br)c[nH]1. The second kappa shape index (κ2) is 6.12. The van der Waals surface area contributed by atoms with Crippen LogP contribution in [0, 0.1) is 5.82 Å². The third kappa shape index (κ3) is 3.74. The van der Waals surface area contributed by atoms with Crippen molar-refractivity contribution in [3.05, 3.63) is 56.5 Å². The lowest BCUT2D eigenvalue weighted by molar-refractivity contribution is 0.0951. The summed E-state index contributed by atoms with van der Waals surface area (Å²) in [4.78, 5) is 14.4. The van der Waals surface area contributed by atoms with Crippen LogP contribution in [0.5, 0.6) is 0 Å². The highest BCUT2D eigenvalue weighted by atomic mass is 79.9. The van der Waals surface area contributed by atoms with Crippen molar-refractivity contribution < 1.29 is 9.18 Å². The summed E-state index contributed by atoms with van der Waals surface area (Å²) in [6, 6.07) is 6.08. The van der Waals surface area contributed by atoms with Crippen molar-refractivity contribution in [2.75, 3.05) is 0 Å². The second-order valence-corrected chi connectivity index (χ2v) is 5.43. The van der Waals surface area contributed by atoms with Crippen molar-refractivity contribution in [2.24, 2.45) is 5.10 Å². The molecule has 4 nitrogen and oxygen atoms in total. The molecule has 0 aliphatic heterocycles. The summed E-state index contributed by atoms with van der Waals surface area (Å²) in [5.41, 5.74) is 2.94. The normalized spacial score (nSPS) is 10.9. The van der Waals surface area contributed by atoms with Gasteiger partial charge in [0, 0.05) is 20.7 Å². The van der Waals surface area contributed by atoms with E-state index in [1.807, 2.05) is 0 Å². The van der Waals surface area contributed by atoms with Crippen molar-refractivity contribution in [1.29, 1.82) is 0 Å². The molecule has 0 saturated carbocycles. The van der Waals surface area contributed by atoms with Crippen molar-refractivity contribution in [3.63, 3.8) is 0 Å². The number of rotatable bonds is 3. The number of hydrogen-bond donors (Lipinski definition) is 2. The van der Waals surface area contributed by atoms with Crippen molar-refractivity contribution in [3.8, 4) is 0 Å². The zero-order valence-electron chi connectivity index (χ0n) is 9.45. The molecule has 1 aromatic heterocycles. The monoisotopic (exact) mass is 387 g/mol. The second-order valence-electron chi connectivity index (χ2n) is 3.60. The first-order valence-electron chi connectivity index (χ1n) is 5.18. The largest absolute Gasteiger partial charge is 0.356 e. The van der Waals surface area contributed by atoms with Crippen LogP contribution in [0.4, 0.5) is 4.39 Å². The molecular formula is C12H8Br2FN3O. The summed E-state index contributed by atoms with van der Waals surface area (Å²) >= 11 is 6.45. The minimum Gasteiger partial charge on any atom is -0.356 e. The lowest BCUT2D eigenvalue weighted by atomic mass is 10.2. The molecule has 0 aliphatic carbocycles. The van der Waals surface area contributed by atoms with Crippen LogP contribution in [0.3, 0.4) is 0 Å². The molecule has 1 heterocycles. The van der Waals surface area contributed by atoms with Crippen LogP contribution < -0.4 is 5.43 Å². The summed E-state index contributed by atoms with van der Waals surface area (Å²) in [5.74, 6) is -0.818. The van der Waals surface area contributed by atoms with Crippen molar-refractivity contribution in [2.45, 2.75) is 0 Å². The first-order valence-corrected chi connectivity index (χ1v) is 6.77. The molecule has 19 heavy (non-hydrogen) atoms. The Balaban J connectivity index is 2.04. The summed E-state index contributed by atoms with van der Waals surface area (Å²) < 4.78 is 14.9. The molecule has 0 spiro atoms. The predicted molar refractivity (Wildman–Crippen MR) is 77.7 cm³/mol. The summed E-state index contributed by atoms with van der Waals surface area (Å²) in [6.45, 7) is 0. The molecule has 0 bridgehead atoms. The van der Waals surface area contributed by atoms with E-state index in [4.69, 9.17) is 0 Å². The average molecular weight is 389 g/mol. The van der Waals surface area contributed by atoms with E-state index < -0.39 is 11.7 Å². The van der Waals surface area contributed by atoms with Gasteiger partial charge in [-0.15, -0.1) is 0 Å². The number of carbonyl (C=O) groups excluding carboxylic acids is 1. The number of nitrogens with zero attached hydrogens (tertiary/aromatic N) is 1. The number of amides is 1. The van der Waals surface area contributed by atoms with Gasteiger partial charge < -0.3 is 4.98 Å². The third-order valence-electron chi connectivity index (χ3n) is 2.22. The van der Waals surface area contributed by atoms with Gasteiger partial charge in [0.05, 0.1) is 6.21 Å². The van der Waals surface area contributed by atoms with E-state index in [1.54, 1.807) is 24.4 Å². The lowest BCUT2D eigenvalue weighted by Crippen LogP contribution is -2.17. The third-order valence-corrected chi connectivity index (χ3v) is 3.17. The fraction of sp³-hybridized carbons (Fsp3) is 0. The molecule has 0 atom stereocenters. The van der Waals surface area contributed by atoms with Gasteiger partial charge in [0.2, 0.25) is 0 Å². The van der Waals surface area contributed by atoms with Crippen molar-refractivity contribution in [1.82, 2.24) is 10.4 Å². The van der Waals surface area contributed by atoms with Gasteiger partial charge in [0.25, 0.3) is 5.91 Å². The number of halogens is 3. The number of H-pyrrole nitrogens is 1. The minimum atomic E-state index is -0.413. The number of hydrogen-bond acceptors (Lipinski definition) is 2. The van der Waals surface area contributed by atoms with E-state index in [9.17, 15) is 9.18 Å². The van der Waals surface area contributed by atoms with E-state index in [2.05, 4.69) is 47.4 Å². The van der Waals surface area contributed by atoms with Gasteiger partial charge in [-0.3, -0.25) is 4.79 Å². The average Bonchev–Trinajstić information content (AvgIpc) is 2.80. The van der Waals surface area contributed by atoms with Gasteiger partial charge in [-0.2, -0.15) is 5.10 Å². The molecule has 2 aromatic rings. The number of benzene rings is 1. The quantitative estimate of drug-likeness (QED) is 0.614. The Hall–Kier alpha value is -1.47. The van der Waals surface area contributed by atoms with E-state index in [0.29, 0.717) is 5.69 Å². The molecule has 0 fully saturated rings. The van der Waals surface area contributed by atoms with E-state index >= 15 is 0 Å². The lowest BCUT2D eigenvalue weighted by Gasteiger charge is -1.98. The smallest absolute Gasteiger partial charge is 0.287 e. The Morgan fingerprint density at radius 1 is 1.32 bits per heavy atom. The van der Waals surface area contributed by atoms with Gasteiger partial charge >= 0.3 is 0 Å². The molecular weight excluding hydrogens is 381 g/mol. The van der Waals surface area contributed by atoms with Crippen LogP contribution in [-0.4, -0.2) is 17.1 Å². The fourth-order valence-corrected chi connectivity index (χ4v) is 2.06. The highest BCUT2D eigenvalue weighted by Crippen LogP contribution is 2.14. The predicted octanol–water partition coefficient (Wildman–Crippen LogP) is 3.44. The molecule has 0 unspecified atom stereocenters. The van der Waals surface area contributed by atoms with Crippen LogP contribution in [-0.2, 0) is 0 Å². The minimum absolute atomic E-state index is 0.280. The maximum Gasteiger partial charge on any atom is 0.287 e. The molecule has 2 N–H and O–H groups in total. The topological polar surface area (TPSA) is 57.2 Å². The van der Waals surface area contributed by atoms with Gasteiger partial charge in [-0.1, -0.05) is 15.9 Å². The first-order chi connectivity index (χ1) is 9.06. The van der Waals surface area contributed by atoms with Crippen molar-refractivity contribution >= 4 is 44.0 Å². The Morgan fingerprint density at radius 2 is 2.11 bits per heavy atom. The highest BCUT2D eigenvalue weighted by Gasteiger charge is 2.06. The van der Waals surface area contributed by atoms with Gasteiger partial charge in [0.1, 0.15) is 11.5 Å². The maximum absolute atomic E-state index is 13.4. The Morgan fingerprint density at radius 3 is 2.79 bits per heavy atom. The number of hydrazone groups is 1. The zero-order valence-corrected chi connectivity index (χ0v) is 12.6. The van der Waals surface area contributed by atoms with Crippen LogP contribution >= 0.6 is 31.9 Å². The Bertz CT molecular complexity index is 640. The van der Waals surface area contributed by atoms with E-state index in [0.717, 1.165) is 8.95 Å². The molecule has 0 aliphatic rings. The molecule has 0 radical (unpaired) electrons. The molecule has 0 saturated heterocycles. The Labute approximate surface area is 125 Å². The van der Waals surface area contributed by atoms with Gasteiger partial charge in [-0.05, 0) is 40.2 Å². The number of aromatic amines is 1.